The summed E-state index contributed by atoms with van der Waals surface area (Å²) in [5, 5.41) is 11.0. The molecule has 0 radical (unpaired) electrons. The van der Waals surface area contributed by atoms with E-state index in [1.54, 1.807) is 0 Å². The lowest BCUT2D eigenvalue weighted by molar-refractivity contribution is -0.147. The second-order valence-electron chi connectivity index (χ2n) is 11.4. The van der Waals surface area contributed by atoms with Gasteiger partial charge in [0.1, 0.15) is 12.6 Å². The quantitative estimate of drug-likeness (QED) is 0.0494. The Morgan fingerprint density at radius 3 is 1.83 bits per heavy atom. The predicted octanol–water partition coefficient (Wildman–Crippen LogP) is 9.78. The molecular formula is C36H63NO5. The maximum atomic E-state index is 12.5. The van der Waals surface area contributed by atoms with Crippen LogP contribution in [0.15, 0.2) is 36.5 Å². The van der Waals surface area contributed by atoms with Gasteiger partial charge in [0.25, 0.3) is 0 Å². The molecule has 0 saturated carbocycles. The zero-order chi connectivity index (χ0) is 30.9. The number of nitrogens with one attached hydrogen (secondary N) is 1. The van der Waals surface area contributed by atoms with Gasteiger partial charge in [-0.3, -0.25) is 14.4 Å². The van der Waals surface area contributed by atoms with E-state index in [0.29, 0.717) is 12.8 Å². The number of hydrogen-bond donors (Lipinski definition) is 2. The van der Waals surface area contributed by atoms with Crippen molar-refractivity contribution in [2.45, 2.75) is 168 Å². The van der Waals surface area contributed by atoms with Crippen LogP contribution in [-0.4, -0.2) is 35.6 Å². The van der Waals surface area contributed by atoms with Crippen LogP contribution in [0.2, 0.25) is 0 Å². The maximum Gasteiger partial charge on any atom is 0.322 e. The molecule has 0 aromatic heterocycles. The number of hydrogen-bond acceptors (Lipinski definition) is 4. The maximum absolute atomic E-state index is 12.5. The van der Waals surface area contributed by atoms with E-state index in [2.05, 4.69) is 55.6 Å². The Hall–Kier alpha value is -2.37. The van der Waals surface area contributed by atoms with Crippen molar-refractivity contribution in [1.29, 1.82) is 0 Å². The molecule has 0 saturated heterocycles. The molecule has 0 fully saturated rings. The van der Waals surface area contributed by atoms with Crippen molar-refractivity contribution in [3.63, 3.8) is 0 Å². The number of aliphatic carboxylic acids is 1. The molecule has 0 aromatic carbocycles. The number of carbonyl (C=O) groups excluding carboxylic acids is 2. The third kappa shape index (κ3) is 30.6. The highest BCUT2D eigenvalue weighted by atomic mass is 16.5. The summed E-state index contributed by atoms with van der Waals surface area (Å²) in [6.45, 7) is 4.11. The van der Waals surface area contributed by atoms with E-state index in [1.807, 2.05) is 0 Å². The lowest BCUT2D eigenvalue weighted by Gasteiger charge is -2.15. The first kappa shape index (κ1) is 39.6. The van der Waals surface area contributed by atoms with Gasteiger partial charge in [0.2, 0.25) is 5.91 Å². The number of carbonyl (C=O) groups is 3. The molecule has 0 aliphatic carbocycles. The first-order valence-corrected chi connectivity index (χ1v) is 17.1. The Labute approximate surface area is 257 Å². The van der Waals surface area contributed by atoms with E-state index in [9.17, 15) is 14.4 Å². The fourth-order valence-electron chi connectivity index (χ4n) is 4.69. The van der Waals surface area contributed by atoms with Gasteiger partial charge >= 0.3 is 11.9 Å². The normalized spacial score (nSPS) is 12.4. The minimum absolute atomic E-state index is 0.102. The zero-order valence-electron chi connectivity index (χ0n) is 27.1. The van der Waals surface area contributed by atoms with Gasteiger partial charge in [-0.25, -0.2) is 0 Å². The van der Waals surface area contributed by atoms with Crippen LogP contribution in [0.1, 0.15) is 162 Å². The van der Waals surface area contributed by atoms with E-state index >= 15 is 0 Å². The number of carboxylic acid groups (broad SMARTS) is 1. The van der Waals surface area contributed by atoms with Crippen LogP contribution >= 0.6 is 0 Å². The summed E-state index contributed by atoms with van der Waals surface area (Å²) in [5.74, 6) is -1.35. The molecule has 6 heteroatoms. The Morgan fingerprint density at radius 1 is 0.643 bits per heavy atom. The average molecular weight is 590 g/mol. The molecule has 2 N–H and O–H groups in total. The van der Waals surface area contributed by atoms with E-state index < -0.39 is 5.97 Å². The second kappa shape index (κ2) is 31.6. The number of unbranched alkanes of at least 4 members (excludes halogenated alkanes) is 15. The standard InChI is InChI=1S/C36H63NO5/c1-3-5-7-9-10-11-12-13-14-15-16-17-18-19-21-27-31-36(41)42-33(28-24-20-8-6-4-2)29-25-22-23-26-30-34(38)37-32-35(39)40/h11-12,14-15,24,28,33H,3-10,13,16-23,25-27,29-32H2,1-2H3,(H,37,38)(H,39,40)/b12-11-,15-14-,28-24-. The van der Waals surface area contributed by atoms with Gasteiger partial charge < -0.3 is 15.2 Å². The Kier molecular flexibility index (Phi) is 29.8. The van der Waals surface area contributed by atoms with Crippen LogP contribution in [0.25, 0.3) is 0 Å². The number of allylic oxidation sites excluding steroid dienone is 5. The zero-order valence-corrected chi connectivity index (χ0v) is 27.1. The van der Waals surface area contributed by atoms with Crippen molar-refractivity contribution < 1.29 is 24.2 Å². The van der Waals surface area contributed by atoms with Crippen molar-refractivity contribution in [2.24, 2.45) is 0 Å². The molecule has 0 heterocycles. The lowest BCUT2D eigenvalue weighted by atomic mass is 10.1. The fourth-order valence-corrected chi connectivity index (χ4v) is 4.69. The van der Waals surface area contributed by atoms with Crippen molar-refractivity contribution in [3.05, 3.63) is 36.5 Å². The van der Waals surface area contributed by atoms with E-state index in [1.165, 1.54) is 57.8 Å². The van der Waals surface area contributed by atoms with Crippen molar-refractivity contribution in [2.75, 3.05) is 6.54 Å². The highest BCUT2D eigenvalue weighted by molar-refractivity contribution is 5.80. The summed E-state index contributed by atoms with van der Waals surface area (Å²) in [5.41, 5.74) is 0. The molecular weight excluding hydrogens is 526 g/mol. The smallest absolute Gasteiger partial charge is 0.322 e. The molecule has 1 amide bonds. The highest BCUT2D eigenvalue weighted by Gasteiger charge is 2.12. The van der Waals surface area contributed by atoms with Crippen molar-refractivity contribution >= 4 is 17.8 Å². The van der Waals surface area contributed by atoms with E-state index in [4.69, 9.17) is 9.84 Å². The van der Waals surface area contributed by atoms with Gasteiger partial charge in [-0.1, -0.05) is 108 Å². The fraction of sp³-hybridized carbons (Fsp3) is 0.750. The second-order valence-corrected chi connectivity index (χ2v) is 11.4. The minimum Gasteiger partial charge on any atom is -0.480 e. The van der Waals surface area contributed by atoms with Crippen molar-refractivity contribution in [1.82, 2.24) is 5.32 Å². The molecule has 6 nitrogen and oxygen atoms in total. The molecule has 0 bridgehead atoms. The Morgan fingerprint density at radius 2 is 1.17 bits per heavy atom. The summed E-state index contributed by atoms with van der Waals surface area (Å²) in [4.78, 5) is 34.6. The minimum atomic E-state index is -1.03. The number of ether oxygens (including phenoxy) is 1. The number of rotatable bonds is 30. The molecule has 0 aromatic rings. The lowest BCUT2D eigenvalue weighted by Crippen LogP contribution is -2.28. The van der Waals surface area contributed by atoms with Gasteiger partial charge in [-0.05, 0) is 76.7 Å². The number of esters is 1. The summed E-state index contributed by atoms with van der Waals surface area (Å²) in [6.07, 6.45) is 37.1. The first-order valence-electron chi connectivity index (χ1n) is 17.1. The van der Waals surface area contributed by atoms with Crippen LogP contribution in [0.3, 0.4) is 0 Å². The van der Waals surface area contributed by atoms with Crippen LogP contribution in [-0.2, 0) is 19.1 Å². The molecule has 1 unspecified atom stereocenters. The summed E-state index contributed by atoms with van der Waals surface area (Å²) in [7, 11) is 0. The third-order valence-corrected chi connectivity index (χ3v) is 7.27. The molecule has 0 spiro atoms. The third-order valence-electron chi connectivity index (χ3n) is 7.27. The van der Waals surface area contributed by atoms with Gasteiger partial charge in [0.15, 0.2) is 0 Å². The van der Waals surface area contributed by atoms with Crippen LogP contribution in [0.5, 0.6) is 0 Å². The average Bonchev–Trinajstić information content (AvgIpc) is 2.97. The Bertz CT molecular complexity index is 743. The topological polar surface area (TPSA) is 92.7 Å². The van der Waals surface area contributed by atoms with Gasteiger partial charge in [-0.2, -0.15) is 0 Å². The largest absolute Gasteiger partial charge is 0.480 e. The van der Waals surface area contributed by atoms with Crippen LogP contribution < -0.4 is 5.32 Å². The Balaban J connectivity index is 4.04. The van der Waals surface area contributed by atoms with Gasteiger partial charge in [0, 0.05) is 12.8 Å². The number of amides is 1. The van der Waals surface area contributed by atoms with Gasteiger partial charge in [0.05, 0.1) is 0 Å². The molecule has 1 atom stereocenters. The molecule has 242 valence electrons. The SMILES string of the molecule is CCCCC/C=C\C(CCCCCCC(=O)NCC(=O)O)OC(=O)CCCCCCC/C=C\C/C=C\CCCCCC. The van der Waals surface area contributed by atoms with Crippen molar-refractivity contribution in [3.8, 4) is 0 Å². The summed E-state index contributed by atoms with van der Waals surface area (Å²) < 4.78 is 5.82. The first-order chi connectivity index (χ1) is 20.5. The summed E-state index contributed by atoms with van der Waals surface area (Å²) in [6, 6.07) is 0. The van der Waals surface area contributed by atoms with Crippen LogP contribution in [0, 0.1) is 0 Å². The summed E-state index contributed by atoms with van der Waals surface area (Å²) >= 11 is 0. The van der Waals surface area contributed by atoms with E-state index in [-0.39, 0.29) is 24.5 Å². The van der Waals surface area contributed by atoms with Crippen LogP contribution in [0.4, 0.5) is 0 Å². The predicted molar refractivity (Wildman–Crippen MR) is 175 cm³/mol. The monoisotopic (exact) mass is 589 g/mol. The highest BCUT2D eigenvalue weighted by Crippen LogP contribution is 2.14. The molecule has 0 rings (SSSR count). The molecule has 0 aliphatic heterocycles. The number of carboxylic acids is 1. The van der Waals surface area contributed by atoms with E-state index in [0.717, 1.165) is 77.0 Å². The van der Waals surface area contributed by atoms with Gasteiger partial charge in [-0.15, -0.1) is 0 Å². The molecule has 42 heavy (non-hydrogen) atoms. The molecule has 0 aliphatic rings.